The first-order chi connectivity index (χ1) is 7.91. The average molecular weight is 298 g/mol. The maximum atomic E-state index is 12.0. The Morgan fingerprint density at radius 1 is 1.65 bits per heavy atom. The monoisotopic (exact) mass is 297 g/mol. The van der Waals surface area contributed by atoms with E-state index in [9.17, 15) is 4.79 Å². The minimum atomic E-state index is -0.777. The van der Waals surface area contributed by atoms with Crippen LogP contribution in [0.4, 0.5) is 5.69 Å². The highest BCUT2D eigenvalue weighted by molar-refractivity contribution is 9.10. The van der Waals surface area contributed by atoms with Gasteiger partial charge in [0.15, 0.2) is 0 Å². The van der Waals surface area contributed by atoms with Crippen LogP contribution in [0.2, 0.25) is 0 Å². The van der Waals surface area contributed by atoms with Crippen LogP contribution in [-0.4, -0.2) is 16.4 Å². The summed E-state index contributed by atoms with van der Waals surface area (Å²) in [5.74, 6) is 0.176. The van der Waals surface area contributed by atoms with Crippen LogP contribution in [0.3, 0.4) is 0 Å². The highest BCUT2D eigenvalue weighted by atomic mass is 79.9. The van der Waals surface area contributed by atoms with Crippen LogP contribution in [0.25, 0.3) is 0 Å². The van der Waals surface area contributed by atoms with Crippen molar-refractivity contribution in [3.63, 3.8) is 0 Å². The van der Waals surface area contributed by atoms with E-state index in [1.165, 1.54) is 0 Å². The summed E-state index contributed by atoms with van der Waals surface area (Å²) in [5, 5.41) is 2.82. The van der Waals surface area contributed by atoms with Gasteiger partial charge in [-0.1, -0.05) is 0 Å². The van der Waals surface area contributed by atoms with Crippen LogP contribution in [-0.2, 0) is 4.79 Å². The molecule has 0 aliphatic heterocycles. The molecule has 4 nitrogen and oxygen atoms in total. The maximum Gasteiger partial charge on any atom is 0.244 e. The Hall–Kier alpha value is -0.940. The fraction of sp³-hybridized carbons (Fsp3) is 0.500. The number of aromatic nitrogens is 1. The minimum Gasteiger partial charge on any atom is -0.323 e. The lowest BCUT2D eigenvalue weighted by Gasteiger charge is -2.23. The van der Waals surface area contributed by atoms with E-state index in [0.29, 0.717) is 11.6 Å². The number of pyridine rings is 1. The van der Waals surface area contributed by atoms with Gasteiger partial charge in [-0.3, -0.25) is 4.79 Å². The topological polar surface area (TPSA) is 68.0 Å². The Morgan fingerprint density at radius 3 is 2.82 bits per heavy atom. The number of anilines is 1. The van der Waals surface area contributed by atoms with Crippen molar-refractivity contribution in [2.24, 2.45) is 11.7 Å². The molecule has 1 atom stereocenters. The molecular formula is C12H16BrN3O. The summed E-state index contributed by atoms with van der Waals surface area (Å²) >= 11 is 3.32. The first-order valence-electron chi connectivity index (χ1n) is 5.63. The highest BCUT2D eigenvalue weighted by Gasteiger charge is 2.44. The number of nitrogens with one attached hydrogen (secondary N) is 1. The van der Waals surface area contributed by atoms with Crippen molar-refractivity contribution in [2.75, 3.05) is 5.32 Å². The van der Waals surface area contributed by atoms with E-state index in [0.717, 1.165) is 23.0 Å². The van der Waals surface area contributed by atoms with Gasteiger partial charge in [0, 0.05) is 0 Å². The van der Waals surface area contributed by atoms with Gasteiger partial charge in [0.25, 0.3) is 0 Å². The molecule has 0 bridgehead atoms. The smallest absolute Gasteiger partial charge is 0.244 e. The second-order valence-electron chi connectivity index (χ2n) is 4.84. The lowest BCUT2D eigenvalue weighted by atomic mass is 9.96. The summed E-state index contributed by atoms with van der Waals surface area (Å²) in [7, 11) is 0. The van der Waals surface area contributed by atoms with Gasteiger partial charge in [-0.05, 0) is 60.2 Å². The predicted octanol–water partition coefficient (Wildman–Crippen LogP) is 2.22. The van der Waals surface area contributed by atoms with Crippen molar-refractivity contribution in [1.29, 1.82) is 0 Å². The summed E-state index contributed by atoms with van der Waals surface area (Å²) in [6.07, 6.45) is 3.70. The third kappa shape index (κ3) is 2.66. The summed E-state index contributed by atoms with van der Waals surface area (Å²) < 4.78 is 0.785. The van der Waals surface area contributed by atoms with Gasteiger partial charge < -0.3 is 11.1 Å². The summed E-state index contributed by atoms with van der Waals surface area (Å²) in [5.41, 5.74) is 6.93. The standard InChI is InChI=1S/C12H16BrN3O/c1-7-5-9(6-15-10(7)13)16-11(17)12(2,14)8-3-4-8/h5-6,8H,3-4,14H2,1-2H3,(H,16,17). The molecule has 0 aromatic carbocycles. The lowest BCUT2D eigenvalue weighted by Crippen LogP contribution is -2.50. The molecule has 1 aromatic heterocycles. The molecule has 0 saturated heterocycles. The Balaban J connectivity index is 2.10. The van der Waals surface area contributed by atoms with E-state index in [1.807, 2.05) is 13.0 Å². The minimum absolute atomic E-state index is 0.136. The number of nitrogens with two attached hydrogens (primary N) is 1. The fourth-order valence-corrected chi connectivity index (χ4v) is 1.98. The Bertz CT molecular complexity index is 455. The number of hydrogen-bond acceptors (Lipinski definition) is 3. The molecule has 0 radical (unpaired) electrons. The SMILES string of the molecule is Cc1cc(NC(=O)C(C)(N)C2CC2)cnc1Br. The molecule has 92 valence electrons. The number of aryl methyl sites for hydroxylation is 1. The zero-order valence-electron chi connectivity index (χ0n) is 9.96. The molecule has 5 heteroatoms. The van der Waals surface area contributed by atoms with Crippen LogP contribution in [0.1, 0.15) is 25.3 Å². The van der Waals surface area contributed by atoms with Crippen LogP contribution in [0.5, 0.6) is 0 Å². The number of hydrogen-bond donors (Lipinski definition) is 2. The van der Waals surface area contributed by atoms with Gasteiger partial charge in [-0.2, -0.15) is 0 Å². The van der Waals surface area contributed by atoms with Crippen molar-refractivity contribution in [3.8, 4) is 0 Å². The van der Waals surface area contributed by atoms with Gasteiger partial charge in [0.1, 0.15) is 4.60 Å². The molecule has 1 aliphatic carbocycles. The molecule has 3 N–H and O–H groups in total. The van der Waals surface area contributed by atoms with Crippen LogP contribution in [0.15, 0.2) is 16.9 Å². The number of nitrogens with zero attached hydrogens (tertiary/aromatic N) is 1. The average Bonchev–Trinajstić information content (AvgIpc) is 3.07. The Morgan fingerprint density at radius 2 is 2.29 bits per heavy atom. The second-order valence-corrected chi connectivity index (χ2v) is 5.59. The summed E-state index contributed by atoms with van der Waals surface area (Å²) in [4.78, 5) is 16.2. The van der Waals surface area contributed by atoms with Crippen molar-refractivity contribution < 1.29 is 4.79 Å². The van der Waals surface area contributed by atoms with Crippen molar-refractivity contribution in [1.82, 2.24) is 4.98 Å². The Kier molecular flexibility index (Phi) is 3.23. The zero-order chi connectivity index (χ0) is 12.6. The maximum absolute atomic E-state index is 12.0. The molecule has 1 aliphatic rings. The Labute approximate surface area is 109 Å². The van der Waals surface area contributed by atoms with E-state index in [-0.39, 0.29) is 5.91 Å². The highest BCUT2D eigenvalue weighted by Crippen LogP contribution is 2.38. The number of rotatable bonds is 3. The van der Waals surface area contributed by atoms with Crippen LogP contribution >= 0.6 is 15.9 Å². The zero-order valence-corrected chi connectivity index (χ0v) is 11.5. The molecule has 1 saturated carbocycles. The van der Waals surface area contributed by atoms with E-state index < -0.39 is 5.54 Å². The molecule has 2 rings (SSSR count). The molecule has 17 heavy (non-hydrogen) atoms. The second kappa shape index (κ2) is 4.38. The third-order valence-electron chi connectivity index (χ3n) is 3.19. The number of amides is 1. The molecule has 1 heterocycles. The number of carbonyl (C=O) groups is 1. The quantitative estimate of drug-likeness (QED) is 0.841. The lowest BCUT2D eigenvalue weighted by molar-refractivity contribution is -0.121. The van der Waals surface area contributed by atoms with E-state index >= 15 is 0 Å². The van der Waals surface area contributed by atoms with Gasteiger partial charge in [-0.25, -0.2) is 4.98 Å². The first kappa shape index (κ1) is 12.5. The largest absolute Gasteiger partial charge is 0.323 e. The summed E-state index contributed by atoms with van der Waals surface area (Å²) in [6, 6.07) is 1.87. The van der Waals surface area contributed by atoms with E-state index in [4.69, 9.17) is 5.73 Å². The molecule has 1 fully saturated rings. The molecule has 1 aromatic rings. The number of carbonyl (C=O) groups excluding carboxylic acids is 1. The van der Waals surface area contributed by atoms with Crippen molar-refractivity contribution >= 4 is 27.5 Å². The fourth-order valence-electron chi connectivity index (χ4n) is 1.76. The van der Waals surface area contributed by atoms with Gasteiger partial charge in [-0.15, -0.1) is 0 Å². The number of halogens is 1. The van der Waals surface area contributed by atoms with Crippen molar-refractivity contribution in [2.45, 2.75) is 32.2 Å². The molecule has 1 unspecified atom stereocenters. The summed E-state index contributed by atoms with van der Waals surface area (Å²) in [6.45, 7) is 3.72. The third-order valence-corrected chi connectivity index (χ3v) is 4.02. The molecular weight excluding hydrogens is 282 g/mol. The molecule has 0 spiro atoms. The first-order valence-corrected chi connectivity index (χ1v) is 6.43. The van der Waals surface area contributed by atoms with Crippen molar-refractivity contribution in [3.05, 3.63) is 22.4 Å². The van der Waals surface area contributed by atoms with Gasteiger partial charge >= 0.3 is 0 Å². The van der Waals surface area contributed by atoms with E-state index in [2.05, 4.69) is 26.2 Å². The van der Waals surface area contributed by atoms with Gasteiger partial charge in [0.05, 0.1) is 17.4 Å². The molecule has 1 amide bonds. The predicted molar refractivity (Wildman–Crippen MR) is 70.6 cm³/mol. The normalized spacial score (nSPS) is 18.6. The van der Waals surface area contributed by atoms with E-state index in [1.54, 1.807) is 13.1 Å². The van der Waals surface area contributed by atoms with Crippen LogP contribution in [0, 0.1) is 12.8 Å². The van der Waals surface area contributed by atoms with Gasteiger partial charge in [0.2, 0.25) is 5.91 Å². The van der Waals surface area contributed by atoms with Crippen LogP contribution < -0.4 is 11.1 Å².